The van der Waals surface area contributed by atoms with Crippen LogP contribution in [-0.4, -0.2) is 58.9 Å². The van der Waals surface area contributed by atoms with Gasteiger partial charge in [0.15, 0.2) is 0 Å². The highest BCUT2D eigenvalue weighted by Gasteiger charge is 2.23. The molecule has 9 heteroatoms. The van der Waals surface area contributed by atoms with Crippen molar-refractivity contribution in [2.75, 3.05) is 6.54 Å². The van der Waals surface area contributed by atoms with Crippen molar-refractivity contribution in [3.63, 3.8) is 0 Å². The van der Waals surface area contributed by atoms with Gasteiger partial charge in [-0.25, -0.2) is 4.99 Å². The normalized spacial score (nSPS) is 14.6. The summed E-state index contributed by atoms with van der Waals surface area (Å²) in [5, 5.41) is 11.0. The molecule has 2 N–H and O–H groups in total. The van der Waals surface area contributed by atoms with Crippen LogP contribution in [0.3, 0.4) is 0 Å². The molecule has 130 valence electrons. The van der Waals surface area contributed by atoms with E-state index in [9.17, 15) is 24.0 Å². The minimum absolute atomic E-state index is 0.0979. The number of imide groups is 1. The van der Waals surface area contributed by atoms with Crippen LogP contribution in [-0.2, 0) is 24.0 Å². The monoisotopic (exact) mass is 337 g/mol. The van der Waals surface area contributed by atoms with E-state index in [4.69, 9.17) is 5.11 Å². The molecule has 0 aromatic carbocycles. The summed E-state index contributed by atoms with van der Waals surface area (Å²) in [4.78, 5) is 60.7. The lowest BCUT2D eigenvalue weighted by atomic mass is 10.1. The zero-order valence-electron chi connectivity index (χ0n) is 13.1. The van der Waals surface area contributed by atoms with E-state index in [2.05, 4.69) is 17.0 Å². The number of unbranched alkanes of at least 4 members (excludes halogenated alkanes) is 2. The number of nitrogens with zero attached hydrogens (tertiary/aromatic N) is 2. The van der Waals surface area contributed by atoms with Crippen LogP contribution in [0.5, 0.6) is 0 Å². The highest BCUT2D eigenvalue weighted by molar-refractivity contribution is 6.12. The number of carboxylic acid groups (broad SMARTS) is 1. The van der Waals surface area contributed by atoms with Gasteiger partial charge in [-0.1, -0.05) is 6.42 Å². The molecule has 1 aliphatic rings. The second-order valence-corrected chi connectivity index (χ2v) is 5.19. The number of nitrogens with one attached hydrogen (secondary N) is 1. The predicted molar refractivity (Wildman–Crippen MR) is 83.1 cm³/mol. The first kappa shape index (κ1) is 19.2. The van der Waals surface area contributed by atoms with Crippen LogP contribution in [0.25, 0.3) is 0 Å². The molecule has 0 aromatic heterocycles. The third-order valence-electron chi connectivity index (χ3n) is 3.35. The number of hydrogen-bond acceptors (Lipinski definition) is 5. The zero-order valence-corrected chi connectivity index (χ0v) is 13.1. The molecular weight excluding hydrogens is 318 g/mol. The zero-order chi connectivity index (χ0) is 18.1. The van der Waals surface area contributed by atoms with Gasteiger partial charge in [0, 0.05) is 25.1 Å². The Morgan fingerprint density at radius 3 is 2.33 bits per heavy atom. The van der Waals surface area contributed by atoms with Crippen molar-refractivity contribution in [2.45, 2.75) is 38.1 Å². The lowest BCUT2D eigenvalue weighted by Crippen LogP contribution is -2.41. The number of rotatable bonds is 10. The molecule has 0 aromatic rings. The maximum absolute atomic E-state index is 11.7. The van der Waals surface area contributed by atoms with Crippen molar-refractivity contribution in [3.8, 4) is 0 Å². The second-order valence-electron chi connectivity index (χ2n) is 5.19. The number of aliphatic carboxylic acids is 1. The molecule has 0 aliphatic carbocycles. The molecule has 0 unspecified atom stereocenters. The summed E-state index contributed by atoms with van der Waals surface area (Å²) in [5.74, 6) is -3.18. The molecule has 1 heterocycles. The van der Waals surface area contributed by atoms with E-state index in [1.54, 1.807) is 0 Å². The van der Waals surface area contributed by atoms with E-state index in [1.807, 2.05) is 0 Å². The molecular formula is C15H19N3O6. The van der Waals surface area contributed by atoms with Gasteiger partial charge in [-0.05, 0) is 19.6 Å². The van der Waals surface area contributed by atoms with Crippen molar-refractivity contribution in [2.24, 2.45) is 4.99 Å². The molecule has 0 saturated carbocycles. The number of carbonyl (C=O) groups is 5. The van der Waals surface area contributed by atoms with Crippen LogP contribution in [0.2, 0.25) is 0 Å². The maximum Gasteiger partial charge on any atom is 0.305 e. The van der Waals surface area contributed by atoms with Crippen LogP contribution in [0.15, 0.2) is 17.1 Å². The summed E-state index contributed by atoms with van der Waals surface area (Å²) < 4.78 is 0. The Kier molecular flexibility index (Phi) is 7.47. The van der Waals surface area contributed by atoms with E-state index < -0.39 is 30.2 Å². The van der Waals surface area contributed by atoms with Crippen LogP contribution < -0.4 is 5.32 Å². The molecule has 9 nitrogen and oxygen atoms in total. The quantitative estimate of drug-likeness (QED) is 0.318. The second kappa shape index (κ2) is 9.33. The Morgan fingerprint density at radius 2 is 1.79 bits per heavy atom. The van der Waals surface area contributed by atoms with Crippen molar-refractivity contribution in [3.05, 3.63) is 12.2 Å². The van der Waals surface area contributed by atoms with E-state index in [0.29, 0.717) is 19.3 Å². The smallest absolute Gasteiger partial charge is 0.305 e. The van der Waals surface area contributed by atoms with Crippen LogP contribution in [0, 0.1) is 0 Å². The van der Waals surface area contributed by atoms with Crippen molar-refractivity contribution >= 4 is 36.3 Å². The first-order chi connectivity index (χ1) is 11.3. The van der Waals surface area contributed by atoms with E-state index in [0.717, 1.165) is 4.90 Å². The molecule has 0 spiro atoms. The first-order valence-corrected chi connectivity index (χ1v) is 7.40. The molecule has 1 rings (SSSR count). The van der Waals surface area contributed by atoms with E-state index in [-0.39, 0.29) is 24.8 Å². The van der Waals surface area contributed by atoms with Crippen molar-refractivity contribution in [1.82, 2.24) is 10.2 Å². The SMILES string of the molecule is C=NC(=O)[C@H](CC(=O)O)NC(=O)CCCCCN1C(=O)C=CC1=O. The van der Waals surface area contributed by atoms with Gasteiger partial charge in [-0.3, -0.25) is 28.9 Å². The highest BCUT2D eigenvalue weighted by atomic mass is 16.4. The molecule has 0 bridgehead atoms. The average Bonchev–Trinajstić information content (AvgIpc) is 2.84. The summed E-state index contributed by atoms with van der Waals surface area (Å²) in [5.41, 5.74) is 0. The Morgan fingerprint density at radius 1 is 1.17 bits per heavy atom. The molecule has 24 heavy (non-hydrogen) atoms. The number of carbonyl (C=O) groups excluding carboxylic acids is 4. The maximum atomic E-state index is 11.7. The summed E-state index contributed by atoms with van der Waals surface area (Å²) in [6.07, 6.45) is 3.59. The highest BCUT2D eigenvalue weighted by Crippen LogP contribution is 2.08. The van der Waals surface area contributed by atoms with Crippen LogP contribution in [0.4, 0.5) is 0 Å². The van der Waals surface area contributed by atoms with Gasteiger partial charge < -0.3 is 10.4 Å². The van der Waals surface area contributed by atoms with Crippen LogP contribution in [0.1, 0.15) is 32.1 Å². The van der Waals surface area contributed by atoms with Crippen molar-refractivity contribution in [1.29, 1.82) is 0 Å². The number of aliphatic imine (C=N–C) groups is 1. The molecule has 4 amide bonds. The fourth-order valence-corrected chi connectivity index (χ4v) is 2.14. The molecule has 1 atom stereocenters. The number of amides is 4. The number of hydrogen-bond donors (Lipinski definition) is 2. The van der Waals surface area contributed by atoms with Gasteiger partial charge in [-0.2, -0.15) is 0 Å². The summed E-state index contributed by atoms with van der Waals surface area (Å²) in [7, 11) is 0. The van der Waals surface area contributed by atoms with Crippen molar-refractivity contribution < 1.29 is 29.1 Å². The van der Waals surface area contributed by atoms with Gasteiger partial charge in [0.1, 0.15) is 6.04 Å². The summed E-state index contributed by atoms with van der Waals surface area (Å²) >= 11 is 0. The standard InChI is InChI=1S/C15H19N3O6/c1-16-15(24)10(9-14(22)23)17-11(19)5-3-2-4-8-18-12(20)6-7-13(18)21/h6-7,10H,1-5,8-9H2,(H,17,19)(H,22,23)/t10-/m0/s1. The van der Waals surface area contributed by atoms with E-state index >= 15 is 0 Å². The lowest BCUT2D eigenvalue weighted by molar-refractivity contribution is -0.140. The number of carboxylic acids is 1. The molecule has 0 fully saturated rings. The lowest BCUT2D eigenvalue weighted by Gasteiger charge is -2.14. The average molecular weight is 337 g/mol. The first-order valence-electron chi connectivity index (χ1n) is 7.40. The van der Waals surface area contributed by atoms with Gasteiger partial charge >= 0.3 is 5.97 Å². The Bertz CT molecular complexity index is 566. The Labute approximate surface area is 138 Å². The molecule has 0 saturated heterocycles. The topological polar surface area (TPSA) is 133 Å². The summed E-state index contributed by atoms with van der Waals surface area (Å²) in [6.45, 7) is 3.31. The fraction of sp³-hybridized carbons (Fsp3) is 0.467. The molecule has 0 radical (unpaired) electrons. The van der Waals surface area contributed by atoms with E-state index in [1.165, 1.54) is 12.2 Å². The Balaban J connectivity index is 2.26. The minimum atomic E-state index is -1.23. The molecule has 1 aliphatic heterocycles. The van der Waals surface area contributed by atoms with Gasteiger partial charge in [-0.15, -0.1) is 0 Å². The summed E-state index contributed by atoms with van der Waals surface area (Å²) in [6, 6.07) is -1.22. The Hall–Kier alpha value is -2.84. The largest absolute Gasteiger partial charge is 0.481 e. The van der Waals surface area contributed by atoms with Gasteiger partial charge in [0.05, 0.1) is 6.42 Å². The minimum Gasteiger partial charge on any atom is -0.481 e. The fourth-order valence-electron chi connectivity index (χ4n) is 2.14. The van der Waals surface area contributed by atoms with Gasteiger partial charge in [0.25, 0.3) is 17.7 Å². The third kappa shape index (κ3) is 6.11. The van der Waals surface area contributed by atoms with Gasteiger partial charge in [0.2, 0.25) is 5.91 Å². The predicted octanol–water partition coefficient (Wildman–Crippen LogP) is -0.341. The van der Waals surface area contributed by atoms with Crippen LogP contribution >= 0.6 is 0 Å². The third-order valence-corrected chi connectivity index (χ3v) is 3.35.